The average Bonchev–Trinajstić information content (AvgIpc) is 3.26. The Balaban J connectivity index is 4.21. The maximum Gasteiger partial charge on any atom is 0.361 e. The molecule has 9 heteroatoms. The lowest BCUT2D eigenvalue weighted by Crippen LogP contribution is -2.40. The third-order valence-electron chi connectivity index (χ3n) is 11.6. The van der Waals surface area contributed by atoms with Crippen molar-refractivity contribution in [1.82, 2.24) is 0 Å². The first kappa shape index (κ1) is 61.5. The van der Waals surface area contributed by atoms with Gasteiger partial charge in [-0.3, -0.25) is 9.59 Å². The number of nitrogens with zero attached hydrogens (tertiary/aromatic N) is 1. The van der Waals surface area contributed by atoms with Gasteiger partial charge in [0.05, 0.1) is 34.4 Å². The van der Waals surface area contributed by atoms with Gasteiger partial charge in [0, 0.05) is 12.8 Å². The van der Waals surface area contributed by atoms with Crippen LogP contribution < -0.4 is 0 Å². The Morgan fingerprint density at radius 2 is 0.844 bits per heavy atom. The number of carbonyl (C=O) groups excluding carboxylic acids is 2. The van der Waals surface area contributed by atoms with Crippen molar-refractivity contribution in [2.45, 2.75) is 251 Å². The Hall–Kier alpha value is -2.49. The smallest absolute Gasteiger partial charge is 0.361 e. The lowest BCUT2D eigenvalue weighted by atomic mass is 10.0. The third kappa shape index (κ3) is 47.5. The molecule has 64 heavy (non-hydrogen) atoms. The molecule has 2 atom stereocenters. The number of unbranched alkanes of at least 4 members (excludes halogenated alkanes) is 28. The largest absolute Gasteiger partial charge is 0.477 e. The predicted octanol–water partition coefficient (Wildman–Crippen LogP) is 15.0. The number of allylic oxidation sites excluding steroid dienone is 6. The molecule has 0 saturated heterocycles. The van der Waals surface area contributed by atoms with E-state index in [1.807, 2.05) is 21.1 Å². The monoisotopic (exact) mass is 905 g/mol. The molecule has 0 aliphatic carbocycles. The zero-order valence-corrected chi connectivity index (χ0v) is 42.4. The second-order valence-corrected chi connectivity index (χ2v) is 19.2. The van der Waals surface area contributed by atoms with Gasteiger partial charge in [0.1, 0.15) is 13.2 Å². The second kappa shape index (κ2) is 47.0. The molecule has 0 radical (unpaired) electrons. The van der Waals surface area contributed by atoms with E-state index in [-0.39, 0.29) is 32.2 Å². The maximum atomic E-state index is 12.8. The number of carboxylic acid groups (broad SMARTS) is 1. The van der Waals surface area contributed by atoms with E-state index in [0.717, 1.165) is 51.4 Å². The minimum absolute atomic E-state index is 0.179. The van der Waals surface area contributed by atoms with Crippen molar-refractivity contribution in [2.24, 2.45) is 0 Å². The van der Waals surface area contributed by atoms with Gasteiger partial charge in [-0.2, -0.15) is 0 Å². The van der Waals surface area contributed by atoms with Crippen LogP contribution in [0, 0.1) is 0 Å². The van der Waals surface area contributed by atoms with Gasteiger partial charge in [-0.25, -0.2) is 4.79 Å². The Kier molecular flexibility index (Phi) is 45.2. The first-order chi connectivity index (χ1) is 31.1. The van der Waals surface area contributed by atoms with Crippen molar-refractivity contribution in [3.63, 3.8) is 0 Å². The van der Waals surface area contributed by atoms with Gasteiger partial charge in [-0.1, -0.05) is 211 Å². The van der Waals surface area contributed by atoms with Gasteiger partial charge in [0.15, 0.2) is 6.10 Å². The molecule has 0 aromatic heterocycles. The van der Waals surface area contributed by atoms with Crippen LogP contribution >= 0.6 is 0 Å². The predicted molar refractivity (Wildman–Crippen MR) is 267 cm³/mol. The molecule has 0 amide bonds. The Morgan fingerprint density at radius 1 is 0.469 bits per heavy atom. The molecule has 374 valence electrons. The Morgan fingerprint density at radius 3 is 1.25 bits per heavy atom. The summed E-state index contributed by atoms with van der Waals surface area (Å²) in [6.45, 7) is 4.87. The minimum Gasteiger partial charge on any atom is -0.477 e. The second-order valence-electron chi connectivity index (χ2n) is 19.2. The number of esters is 2. The minimum atomic E-state index is -1.51. The number of ether oxygens (including phenoxy) is 4. The van der Waals surface area contributed by atoms with E-state index >= 15 is 0 Å². The van der Waals surface area contributed by atoms with Crippen LogP contribution in [0.2, 0.25) is 0 Å². The van der Waals surface area contributed by atoms with Crippen molar-refractivity contribution in [3.8, 4) is 0 Å². The lowest BCUT2D eigenvalue weighted by molar-refractivity contribution is -0.870. The van der Waals surface area contributed by atoms with E-state index < -0.39 is 24.3 Å². The number of hydrogen-bond acceptors (Lipinski definition) is 7. The topological polar surface area (TPSA) is 108 Å². The number of quaternary nitrogens is 1. The van der Waals surface area contributed by atoms with E-state index in [1.165, 1.54) is 161 Å². The highest BCUT2D eigenvalue weighted by Gasteiger charge is 2.25. The molecule has 0 aliphatic heterocycles. The molecule has 0 heterocycles. The fourth-order valence-corrected chi connectivity index (χ4v) is 7.49. The van der Waals surface area contributed by atoms with Crippen LogP contribution in [0.25, 0.3) is 0 Å². The molecule has 0 rings (SSSR count). The SMILES string of the molecule is CCCCCCC/C=C\C/C=C\C/C=C\CCCCCCCCCCCCCCC(=O)OC(COC(=O)CCCCCCCCCCCCCC)COC(OCC[N+](C)(C)C)C(=O)O. The summed E-state index contributed by atoms with van der Waals surface area (Å²) in [6, 6.07) is 0. The first-order valence-corrected chi connectivity index (χ1v) is 26.7. The zero-order chi connectivity index (χ0) is 47.0. The van der Waals surface area contributed by atoms with E-state index in [0.29, 0.717) is 17.4 Å². The molecule has 9 nitrogen and oxygen atoms in total. The maximum absolute atomic E-state index is 12.8. The molecular weight excluding hydrogens is 803 g/mol. The molecule has 0 saturated carbocycles. The number of likely N-dealkylation sites (N-methyl/N-ethyl adjacent to an activating group) is 1. The summed E-state index contributed by atoms with van der Waals surface area (Å²) in [5.41, 5.74) is 0. The number of rotatable bonds is 49. The van der Waals surface area contributed by atoms with E-state index in [4.69, 9.17) is 18.9 Å². The highest BCUT2D eigenvalue weighted by Crippen LogP contribution is 2.16. The molecule has 1 N–H and O–H groups in total. The zero-order valence-electron chi connectivity index (χ0n) is 42.4. The standard InChI is InChI=1S/C55H101NO8/c1-6-8-10-12-14-16-18-20-21-22-23-24-25-26-27-28-29-30-31-32-33-34-36-38-40-42-44-46-53(58)64-51(50-63-55(54(59)60)61-48-47-56(3,4)5)49-62-52(57)45-43-41-39-37-35-19-17-15-13-11-9-7-2/h18,20,22-23,25-26,51,55H,6-17,19,21,24,27-50H2,1-5H3/p+1/b20-18-,23-22-,26-25-. The van der Waals surface area contributed by atoms with E-state index in [2.05, 4.69) is 50.3 Å². The molecule has 2 unspecified atom stereocenters. The number of hydrogen-bond donors (Lipinski definition) is 1. The Bertz CT molecular complexity index is 1150. The van der Waals surface area contributed by atoms with Crippen LogP contribution in [0.4, 0.5) is 0 Å². The molecule has 0 spiro atoms. The third-order valence-corrected chi connectivity index (χ3v) is 11.6. The molecule has 0 aromatic rings. The highest BCUT2D eigenvalue weighted by atomic mass is 16.7. The van der Waals surface area contributed by atoms with Crippen LogP contribution in [-0.4, -0.2) is 87.4 Å². The summed E-state index contributed by atoms with van der Waals surface area (Å²) in [4.78, 5) is 37.2. The first-order valence-electron chi connectivity index (χ1n) is 26.7. The average molecular weight is 905 g/mol. The van der Waals surface area contributed by atoms with Crippen molar-refractivity contribution >= 4 is 17.9 Å². The summed E-state index contributed by atoms with van der Waals surface area (Å²) in [7, 11) is 5.96. The highest BCUT2D eigenvalue weighted by molar-refractivity contribution is 5.71. The van der Waals surface area contributed by atoms with Gasteiger partial charge in [0.2, 0.25) is 0 Å². The van der Waals surface area contributed by atoms with Crippen LogP contribution in [0.15, 0.2) is 36.5 Å². The number of carboxylic acids is 1. The van der Waals surface area contributed by atoms with E-state index in [9.17, 15) is 19.5 Å². The van der Waals surface area contributed by atoms with Crippen LogP contribution in [0.3, 0.4) is 0 Å². The summed E-state index contributed by atoms with van der Waals surface area (Å²) in [5, 5.41) is 9.66. The Labute approximate surface area is 394 Å². The molecular formula is C55H102NO8+. The summed E-state index contributed by atoms with van der Waals surface area (Å²) in [5.74, 6) is -2.00. The van der Waals surface area contributed by atoms with Crippen LogP contribution in [0.1, 0.15) is 239 Å². The van der Waals surface area contributed by atoms with Crippen molar-refractivity contribution in [1.29, 1.82) is 0 Å². The molecule has 0 bridgehead atoms. The summed E-state index contributed by atoms with van der Waals surface area (Å²) < 4.78 is 22.8. The normalized spacial score (nSPS) is 13.1. The van der Waals surface area contributed by atoms with Crippen LogP contribution in [0.5, 0.6) is 0 Å². The molecule has 0 aromatic carbocycles. The lowest BCUT2D eigenvalue weighted by Gasteiger charge is -2.25. The van der Waals surface area contributed by atoms with Gasteiger partial charge >= 0.3 is 17.9 Å². The molecule has 0 fully saturated rings. The van der Waals surface area contributed by atoms with Gasteiger partial charge in [-0.05, 0) is 51.4 Å². The van der Waals surface area contributed by atoms with Crippen molar-refractivity contribution < 1.29 is 42.9 Å². The number of carbonyl (C=O) groups is 3. The van der Waals surface area contributed by atoms with Gasteiger partial charge in [-0.15, -0.1) is 0 Å². The fraction of sp³-hybridized carbons (Fsp3) is 0.836. The van der Waals surface area contributed by atoms with Crippen molar-refractivity contribution in [3.05, 3.63) is 36.5 Å². The van der Waals surface area contributed by atoms with Gasteiger partial charge in [0.25, 0.3) is 6.29 Å². The van der Waals surface area contributed by atoms with Gasteiger partial charge < -0.3 is 28.5 Å². The van der Waals surface area contributed by atoms with E-state index in [1.54, 1.807) is 0 Å². The number of aliphatic carboxylic acids is 1. The molecule has 0 aliphatic rings. The summed E-state index contributed by atoms with van der Waals surface area (Å²) in [6.07, 6.45) is 52.1. The van der Waals surface area contributed by atoms with Crippen molar-refractivity contribution in [2.75, 3.05) is 47.5 Å². The fourth-order valence-electron chi connectivity index (χ4n) is 7.49. The quantitative estimate of drug-likeness (QED) is 0.0211. The van der Waals surface area contributed by atoms with Crippen LogP contribution in [-0.2, 0) is 33.3 Å². The summed E-state index contributed by atoms with van der Waals surface area (Å²) >= 11 is 0.